The van der Waals surface area contributed by atoms with Crippen LogP contribution >= 0.6 is 23.2 Å². The highest BCUT2D eigenvalue weighted by Crippen LogP contribution is 2.25. The third kappa shape index (κ3) is 3.77. The van der Waals surface area contributed by atoms with Crippen molar-refractivity contribution in [2.24, 2.45) is 0 Å². The lowest BCUT2D eigenvalue weighted by atomic mass is 10.2. The van der Waals surface area contributed by atoms with Crippen LogP contribution in [0.15, 0.2) is 18.2 Å². The molecule has 1 aromatic carbocycles. The van der Waals surface area contributed by atoms with Gasteiger partial charge in [0.05, 0.1) is 11.6 Å². The minimum absolute atomic E-state index is 0.676. The zero-order valence-electron chi connectivity index (χ0n) is 8.22. The van der Waals surface area contributed by atoms with Crippen LogP contribution in [0.5, 0.6) is 5.75 Å². The molecule has 0 heterocycles. The number of unbranched alkanes of at least 4 members (excludes halogenated alkanes) is 1. The van der Waals surface area contributed by atoms with Crippen LogP contribution in [0.2, 0.25) is 5.02 Å². The average Bonchev–Trinajstić information content (AvgIpc) is 2.15. The van der Waals surface area contributed by atoms with E-state index in [1.54, 1.807) is 0 Å². The molecule has 0 radical (unpaired) electrons. The molecule has 0 atom stereocenters. The van der Waals surface area contributed by atoms with Gasteiger partial charge in [-0.1, -0.05) is 17.7 Å². The lowest BCUT2D eigenvalue weighted by molar-refractivity contribution is 0.310. The van der Waals surface area contributed by atoms with E-state index in [2.05, 4.69) is 0 Å². The van der Waals surface area contributed by atoms with E-state index in [0.29, 0.717) is 17.5 Å². The van der Waals surface area contributed by atoms with Gasteiger partial charge in [0.25, 0.3) is 0 Å². The highest BCUT2D eigenvalue weighted by molar-refractivity contribution is 6.32. The molecule has 0 spiro atoms. The number of ether oxygens (including phenoxy) is 1. The molecule has 0 aromatic heterocycles. The van der Waals surface area contributed by atoms with E-state index in [9.17, 15) is 0 Å². The van der Waals surface area contributed by atoms with Gasteiger partial charge < -0.3 is 4.74 Å². The van der Waals surface area contributed by atoms with Crippen molar-refractivity contribution in [2.45, 2.75) is 19.8 Å². The Hall–Kier alpha value is -0.400. The minimum Gasteiger partial charge on any atom is -0.492 e. The van der Waals surface area contributed by atoms with Gasteiger partial charge in [0.2, 0.25) is 0 Å². The maximum absolute atomic E-state index is 5.99. The first-order valence-electron chi connectivity index (χ1n) is 4.69. The predicted octanol–water partition coefficient (Wildman–Crippen LogP) is 4.05. The van der Waals surface area contributed by atoms with Crippen molar-refractivity contribution < 1.29 is 4.74 Å². The summed E-state index contributed by atoms with van der Waals surface area (Å²) in [6.07, 6.45) is 1.94. The van der Waals surface area contributed by atoms with Gasteiger partial charge in [-0.3, -0.25) is 0 Å². The summed E-state index contributed by atoms with van der Waals surface area (Å²) in [5.41, 5.74) is 1.14. The molecular weight excluding hydrogens is 219 g/mol. The zero-order valence-corrected chi connectivity index (χ0v) is 9.74. The van der Waals surface area contributed by atoms with Crippen molar-refractivity contribution in [3.05, 3.63) is 28.8 Å². The first-order chi connectivity index (χ1) is 6.74. The smallest absolute Gasteiger partial charge is 0.137 e. The number of aryl methyl sites for hydroxylation is 1. The fraction of sp³-hybridized carbons (Fsp3) is 0.455. The summed E-state index contributed by atoms with van der Waals surface area (Å²) in [6, 6.07) is 5.79. The molecule has 1 nitrogen and oxygen atoms in total. The van der Waals surface area contributed by atoms with E-state index in [-0.39, 0.29) is 0 Å². The first kappa shape index (κ1) is 11.7. The van der Waals surface area contributed by atoms with Gasteiger partial charge in [-0.05, 0) is 37.5 Å². The molecule has 3 heteroatoms. The van der Waals surface area contributed by atoms with Gasteiger partial charge in [-0.25, -0.2) is 0 Å². The van der Waals surface area contributed by atoms with E-state index in [0.717, 1.165) is 24.2 Å². The van der Waals surface area contributed by atoms with Crippen LogP contribution < -0.4 is 4.74 Å². The second-order valence-corrected chi connectivity index (χ2v) is 3.96. The summed E-state index contributed by atoms with van der Waals surface area (Å²) >= 11 is 11.5. The Kier molecular flexibility index (Phi) is 5.13. The molecule has 0 saturated carbocycles. The molecule has 0 amide bonds. The zero-order chi connectivity index (χ0) is 10.4. The molecule has 0 aliphatic heterocycles. The summed E-state index contributed by atoms with van der Waals surface area (Å²) in [5.74, 6) is 1.44. The van der Waals surface area contributed by atoms with Gasteiger partial charge in [0.15, 0.2) is 0 Å². The molecule has 78 valence electrons. The average molecular weight is 233 g/mol. The SMILES string of the molecule is Cc1ccc(OCCCCCl)c(Cl)c1. The van der Waals surface area contributed by atoms with E-state index >= 15 is 0 Å². The third-order valence-electron chi connectivity index (χ3n) is 1.87. The molecule has 14 heavy (non-hydrogen) atoms. The Labute approximate surface area is 95.0 Å². The van der Waals surface area contributed by atoms with Crippen LogP contribution in [0, 0.1) is 6.92 Å². The molecule has 1 rings (SSSR count). The minimum atomic E-state index is 0.676. The van der Waals surface area contributed by atoms with E-state index < -0.39 is 0 Å². The number of benzene rings is 1. The van der Waals surface area contributed by atoms with Crippen LogP contribution in [0.3, 0.4) is 0 Å². The van der Waals surface area contributed by atoms with E-state index in [1.807, 2.05) is 25.1 Å². The summed E-state index contributed by atoms with van der Waals surface area (Å²) in [6.45, 7) is 2.68. The number of rotatable bonds is 5. The number of halogens is 2. The van der Waals surface area contributed by atoms with Crippen LogP contribution in [0.4, 0.5) is 0 Å². The second kappa shape index (κ2) is 6.15. The van der Waals surface area contributed by atoms with Gasteiger partial charge in [-0.15, -0.1) is 11.6 Å². The topological polar surface area (TPSA) is 9.23 Å². The van der Waals surface area contributed by atoms with Gasteiger partial charge in [-0.2, -0.15) is 0 Å². The van der Waals surface area contributed by atoms with Crippen molar-refractivity contribution in [3.8, 4) is 5.75 Å². The highest BCUT2D eigenvalue weighted by Gasteiger charge is 2.00. The van der Waals surface area contributed by atoms with E-state index in [1.165, 1.54) is 0 Å². The number of hydrogen-bond donors (Lipinski definition) is 0. The molecule has 0 fully saturated rings. The molecule has 1 aromatic rings. The third-order valence-corrected chi connectivity index (χ3v) is 2.44. The lowest BCUT2D eigenvalue weighted by Gasteiger charge is -2.07. The maximum Gasteiger partial charge on any atom is 0.137 e. The summed E-state index contributed by atoms with van der Waals surface area (Å²) < 4.78 is 5.50. The van der Waals surface area contributed by atoms with Crippen molar-refractivity contribution >= 4 is 23.2 Å². The van der Waals surface area contributed by atoms with Crippen molar-refractivity contribution in [1.29, 1.82) is 0 Å². The Bertz CT molecular complexity index is 287. The second-order valence-electron chi connectivity index (χ2n) is 3.18. The maximum atomic E-state index is 5.99. The highest BCUT2D eigenvalue weighted by atomic mass is 35.5. The first-order valence-corrected chi connectivity index (χ1v) is 5.60. The monoisotopic (exact) mass is 232 g/mol. The summed E-state index contributed by atoms with van der Waals surface area (Å²) in [7, 11) is 0. The quantitative estimate of drug-likeness (QED) is 0.550. The largest absolute Gasteiger partial charge is 0.492 e. The Morgan fingerprint density at radius 2 is 2.07 bits per heavy atom. The van der Waals surface area contributed by atoms with Gasteiger partial charge in [0.1, 0.15) is 5.75 Å². The van der Waals surface area contributed by atoms with E-state index in [4.69, 9.17) is 27.9 Å². The van der Waals surface area contributed by atoms with Crippen molar-refractivity contribution in [3.63, 3.8) is 0 Å². The number of alkyl halides is 1. The normalized spacial score (nSPS) is 10.2. The molecular formula is C11H14Cl2O. The van der Waals surface area contributed by atoms with Gasteiger partial charge in [0, 0.05) is 5.88 Å². The Balaban J connectivity index is 2.42. The van der Waals surface area contributed by atoms with Crippen LogP contribution in [0.1, 0.15) is 18.4 Å². The van der Waals surface area contributed by atoms with Crippen LogP contribution in [0.25, 0.3) is 0 Å². The van der Waals surface area contributed by atoms with Crippen LogP contribution in [-0.4, -0.2) is 12.5 Å². The lowest BCUT2D eigenvalue weighted by Crippen LogP contribution is -1.98. The molecule has 0 saturated heterocycles. The number of hydrogen-bond acceptors (Lipinski definition) is 1. The van der Waals surface area contributed by atoms with Crippen LogP contribution in [-0.2, 0) is 0 Å². The summed E-state index contributed by atoms with van der Waals surface area (Å²) in [5, 5.41) is 0.677. The molecule has 0 aliphatic rings. The standard InChI is InChI=1S/C11H14Cl2O/c1-9-4-5-11(10(13)8-9)14-7-3-2-6-12/h4-5,8H,2-3,6-7H2,1H3. The summed E-state index contributed by atoms with van der Waals surface area (Å²) in [4.78, 5) is 0. The van der Waals surface area contributed by atoms with Gasteiger partial charge >= 0.3 is 0 Å². The predicted molar refractivity (Wildman–Crippen MR) is 61.6 cm³/mol. The fourth-order valence-corrected chi connectivity index (χ4v) is 1.58. The van der Waals surface area contributed by atoms with Crippen molar-refractivity contribution in [2.75, 3.05) is 12.5 Å². The fourth-order valence-electron chi connectivity index (χ4n) is 1.10. The molecule has 0 N–H and O–H groups in total. The Morgan fingerprint density at radius 1 is 1.29 bits per heavy atom. The Morgan fingerprint density at radius 3 is 2.71 bits per heavy atom. The molecule has 0 bridgehead atoms. The van der Waals surface area contributed by atoms with Crippen molar-refractivity contribution in [1.82, 2.24) is 0 Å². The molecule has 0 unspecified atom stereocenters. The molecule has 0 aliphatic carbocycles.